The van der Waals surface area contributed by atoms with E-state index in [1.807, 2.05) is 0 Å². The first-order valence-electron chi connectivity index (χ1n) is 7.03. The highest BCUT2D eigenvalue weighted by atomic mass is 79.9. The highest BCUT2D eigenvalue weighted by molar-refractivity contribution is 9.10. The number of nitrogens with zero attached hydrogens (tertiary/aromatic N) is 2. The number of rotatable bonds is 5. The van der Waals surface area contributed by atoms with E-state index in [0.717, 1.165) is 11.0 Å². The van der Waals surface area contributed by atoms with E-state index in [9.17, 15) is 19.7 Å². The summed E-state index contributed by atoms with van der Waals surface area (Å²) in [5.74, 6) is -1.08. The molecule has 0 saturated carbocycles. The Morgan fingerprint density at radius 3 is 2.60 bits per heavy atom. The van der Waals surface area contributed by atoms with Crippen LogP contribution in [0.3, 0.4) is 0 Å². The Morgan fingerprint density at radius 1 is 1.28 bits per heavy atom. The van der Waals surface area contributed by atoms with Gasteiger partial charge in [0.15, 0.2) is 0 Å². The standard InChI is InChI=1S/C16H13BrClN3O4/c1-20(9-15(22)19-13-5-3-2-4-12(13)17)16(23)11-7-6-10(18)8-14(11)21(24)25/h2-8H,9H2,1H3,(H,19,22). The van der Waals surface area contributed by atoms with Gasteiger partial charge in [0.25, 0.3) is 11.6 Å². The lowest BCUT2D eigenvalue weighted by Gasteiger charge is -2.17. The van der Waals surface area contributed by atoms with Crippen molar-refractivity contribution in [1.82, 2.24) is 4.90 Å². The SMILES string of the molecule is CN(CC(=O)Nc1ccccc1Br)C(=O)c1ccc(Cl)cc1[N+](=O)[O-]. The van der Waals surface area contributed by atoms with E-state index < -0.39 is 22.4 Å². The third-order valence-electron chi connectivity index (χ3n) is 3.26. The first-order valence-corrected chi connectivity index (χ1v) is 8.20. The molecular formula is C16H13BrClN3O4. The summed E-state index contributed by atoms with van der Waals surface area (Å²) in [4.78, 5) is 36.0. The molecule has 7 nitrogen and oxygen atoms in total. The van der Waals surface area contributed by atoms with Crippen LogP contribution in [0.25, 0.3) is 0 Å². The summed E-state index contributed by atoms with van der Waals surface area (Å²) in [6, 6.07) is 10.8. The second-order valence-corrected chi connectivity index (χ2v) is 6.40. The van der Waals surface area contributed by atoms with E-state index in [0.29, 0.717) is 10.2 Å². The number of nitro groups is 1. The molecule has 0 saturated heterocycles. The van der Waals surface area contributed by atoms with E-state index in [1.54, 1.807) is 24.3 Å². The summed E-state index contributed by atoms with van der Waals surface area (Å²) in [5.41, 5.74) is 0.0203. The molecule has 2 aromatic rings. The number of halogens is 2. The summed E-state index contributed by atoms with van der Waals surface area (Å²) in [6.45, 7) is -0.264. The van der Waals surface area contributed by atoms with Gasteiger partial charge >= 0.3 is 0 Å². The van der Waals surface area contributed by atoms with Gasteiger partial charge in [-0.1, -0.05) is 23.7 Å². The second kappa shape index (κ2) is 8.09. The van der Waals surface area contributed by atoms with Crippen molar-refractivity contribution in [2.45, 2.75) is 0 Å². The normalized spacial score (nSPS) is 10.2. The van der Waals surface area contributed by atoms with Gasteiger partial charge in [-0.25, -0.2) is 0 Å². The minimum absolute atomic E-state index is 0.134. The largest absolute Gasteiger partial charge is 0.332 e. The van der Waals surface area contributed by atoms with Crippen LogP contribution in [0.4, 0.5) is 11.4 Å². The van der Waals surface area contributed by atoms with Crippen LogP contribution < -0.4 is 5.32 Å². The van der Waals surface area contributed by atoms with Crippen LogP contribution in [-0.2, 0) is 4.79 Å². The van der Waals surface area contributed by atoms with Crippen LogP contribution >= 0.6 is 27.5 Å². The van der Waals surface area contributed by atoms with Crippen molar-refractivity contribution < 1.29 is 14.5 Å². The molecule has 0 unspecified atom stereocenters. The quantitative estimate of drug-likeness (QED) is 0.582. The number of hydrogen-bond donors (Lipinski definition) is 1. The van der Waals surface area contributed by atoms with Gasteiger partial charge in [-0.15, -0.1) is 0 Å². The maximum atomic E-state index is 12.4. The van der Waals surface area contributed by atoms with Crippen LogP contribution in [0.5, 0.6) is 0 Å². The summed E-state index contributed by atoms with van der Waals surface area (Å²) in [6.07, 6.45) is 0. The number of para-hydroxylation sites is 1. The number of hydrogen-bond acceptors (Lipinski definition) is 4. The van der Waals surface area contributed by atoms with E-state index >= 15 is 0 Å². The monoisotopic (exact) mass is 425 g/mol. The molecule has 0 spiro atoms. The van der Waals surface area contributed by atoms with Gasteiger partial charge in [-0.3, -0.25) is 19.7 Å². The Labute approximate surface area is 156 Å². The topological polar surface area (TPSA) is 92.6 Å². The van der Waals surface area contributed by atoms with Crippen LogP contribution in [0.15, 0.2) is 46.9 Å². The Hall–Kier alpha value is -2.45. The molecule has 0 aliphatic carbocycles. The first-order chi connectivity index (χ1) is 11.8. The molecule has 130 valence electrons. The predicted molar refractivity (Wildman–Crippen MR) is 97.8 cm³/mol. The van der Waals surface area contributed by atoms with Gasteiger partial charge in [0.1, 0.15) is 5.56 Å². The lowest BCUT2D eigenvalue weighted by Crippen LogP contribution is -2.35. The van der Waals surface area contributed by atoms with Crippen molar-refractivity contribution in [3.05, 3.63) is 67.6 Å². The molecule has 2 rings (SSSR count). The van der Waals surface area contributed by atoms with Crippen molar-refractivity contribution in [3.8, 4) is 0 Å². The molecule has 0 radical (unpaired) electrons. The molecule has 1 N–H and O–H groups in total. The zero-order valence-electron chi connectivity index (χ0n) is 13.0. The Bertz CT molecular complexity index is 844. The molecule has 2 aromatic carbocycles. The van der Waals surface area contributed by atoms with Crippen LogP contribution in [0.1, 0.15) is 10.4 Å². The van der Waals surface area contributed by atoms with Crippen LogP contribution in [0.2, 0.25) is 5.02 Å². The Morgan fingerprint density at radius 2 is 1.96 bits per heavy atom. The molecule has 0 fully saturated rings. The predicted octanol–water partition coefficient (Wildman–Crippen LogP) is 3.72. The fourth-order valence-corrected chi connectivity index (χ4v) is 2.63. The third-order valence-corrected chi connectivity index (χ3v) is 4.19. The first kappa shape index (κ1) is 18.9. The smallest absolute Gasteiger partial charge is 0.283 e. The summed E-state index contributed by atoms with van der Waals surface area (Å²) in [7, 11) is 1.39. The number of anilines is 1. The highest BCUT2D eigenvalue weighted by Gasteiger charge is 2.24. The zero-order chi connectivity index (χ0) is 18.6. The number of benzene rings is 2. The van der Waals surface area contributed by atoms with Gasteiger partial charge in [-0.05, 0) is 40.2 Å². The number of nitrogens with one attached hydrogen (secondary N) is 1. The lowest BCUT2D eigenvalue weighted by atomic mass is 10.1. The lowest BCUT2D eigenvalue weighted by molar-refractivity contribution is -0.385. The molecular weight excluding hydrogens is 414 g/mol. The molecule has 0 aliphatic heterocycles. The fourth-order valence-electron chi connectivity index (χ4n) is 2.08. The van der Waals surface area contributed by atoms with E-state index in [-0.39, 0.29) is 17.1 Å². The summed E-state index contributed by atoms with van der Waals surface area (Å²) < 4.78 is 0.700. The van der Waals surface area contributed by atoms with Crippen molar-refractivity contribution in [2.75, 3.05) is 18.9 Å². The average Bonchev–Trinajstić information content (AvgIpc) is 2.56. The maximum absolute atomic E-state index is 12.4. The molecule has 0 aromatic heterocycles. The van der Waals surface area contributed by atoms with Gasteiger partial charge in [0.05, 0.1) is 17.2 Å². The molecule has 0 bridgehead atoms. The number of likely N-dealkylation sites (N-methyl/N-ethyl adjacent to an activating group) is 1. The average molecular weight is 427 g/mol. The second-order valence-electron chi connectivity index (χ2n) is 5.11. The van der Waals surface area contributed by atoms with E-state index in [2.05, 4.69) is 21.2 Å². The summed E-state index contributed by atoms with van der Waals surface area (Å²) >= 11 is 9.04. The minimum Gasteiger partial charge on any atom is -0.332 e. The zero-order valence-corrected chi connectivity index (χ0v) is 15.4. The summed E-state index contributed by atoms with van der Waals surface area (Å²) in [5, 5.41) is 13.9. The molecule has 0 atom stereocenters. The van der Waals surface area contributed by atoms with E-state index in [1.165, 1.54) is 19.2 Å². The Kier molecular flexibility index (Phi) is 6.11. The van der Waals surface area contributed by atoms with Crippen LogP contribution in [0, 0.1) is 10.1 Å². The molecule has 0 heterocycles. The number of nitro benzene ring substituents is 1. The number of carbonyl (C=O) groups excluding carboxylic acids is 2. The van der Waals surface area contributed by atoms with E-state index in [4.69, 9.17) is 11.6 Å². The van der Waals surface area contributed by atoms with Crippen molar-refractivity contribution in [3.63, 3.8) is 0 Å². The van der Waals surface area contributed by atoms with Gasteiger partial charge in [0.2, 0.25) is 5.91 Å². The van der Waals surface area contributed by atoms with Crippen LogP contribution in [-0.4, -0.2) is 35.2 Å². The molecule has 9 heteroatoms. The molecule has 2 amide bonds. The van der Waals surface area contributed by atoms with Gasteiger partial charge in [0, 0.05) is 22.6 Å². The van der Waals surface area contributed by atoms with Gasteiger partial charge < -0.3 is 10.2 Å². The maximum Gasteiger partial charge on any atom is 0.283 e. The fraction of sp³-hybridized carbons (Fsp3) is 0.125. The third kappa shape index (κ3) is 4.77. The van der Waals surface area contributed by atoms with Crippen molar-refractivity contribution in [2.24, 2.45) is 0 Å². The Balaban J connectivity index is 2.12. The van der Waals surface area contributed by atoms with Crippen molar-refractivity contribution >= 4 is 50.7 Å². The number of amides is 2. The number of carbonyl (C=O) groups is 2. The molecule has 25 heavy (non-hydrogen) atoms. The van der Waals surface area contributed by atoms with Gasteiger partial charge in [-0.2, -0.15) is 0 Å². The minimum atomic E-state index is -0.686. The highest BCUT2D eigenvalue weighted by Crippen LogP contribution is 2.24. The van der Waals surface area contributed by atoms with Crippen molar-refractivity contribution in [1.29, 1.82) is 0 Å². The molecule has 0 aliphatic rings.